The van der Waals surface area contributed by atoms with Crippen LogP contribution in [-0.2, 0) is 0 Å². The van der Waals surface area contributed by atoms with Gasteiger partial charge in [-0.25, -0.2) is 14.4 Å². The molecule has 1 N–H and O–H groups in total. The van der Waals surface area contributed by atoms with E-state index in [0.717, 1.165) is 0 Å². The smallest absolute Gasteiger partial charge is 0.348 e. The summed E-state index contributed by atoms with van der Waals surface area (Å²) in [5, 5.41) is 9.70. The van der Waals surface area contributed by atoms with Crippen LogP contribution < -0.4 is 11.3 Å². The maximum Gasteiger partial charge on any atom is 0.348 e. The summed E-state index contributed by atoms with van der Waals surface area (Å²) in [5.74, 6) is -1.19. The molecule has 2 bridgehead atoms. The molecule has 0 spiro atoms. The van der Waals surface area contributed by atoms with Crippen molar-refractivity contribution in [2.75, 3.05) is 0 Å². The van der Waals surface area contributed by atoms with Gasteiger partial charge in [-0.15, -0.1) is 0 Å². The molecular formula is C13H5ClO5. The van der Waals surface area contributed by atoms with Crippen molar-refractivity contribution in [1.82, 2.24) is 0 Å². The van der Waals surface area contributed by atoms with E-state index in [1.807, 2.05) is 0 Å². The number of rotatable bonds is 1. The summed E-state index contributed by atoms with van der Waals surface area (Å²) in [6, 6.07) is 5.64. The van der Waals surface area contributed by atoms with Crippen LogP contribution in [0.4, 0.5) is 0 Å². The average molecular weight is 277 g/mol. The summed E-state index contributed by atoms with van der Waals surface area (Å²) in [4.78, 5) is 34.8. The number of benzene rings is 2. The Morgan fingerprint density at radius 2 is 1.84 bits per heavy atom. The quantitative estimate of drug-likeness (QED) is 0.736. The first-order valence-electron chi connectivity index (χ1n) is 5.25. The summed E-state index contributed by atoms with van der Waals surface area (Å²) < 4.78 is 4.60. The Bertz CT molecular complexity index is 941. The van der Waals surface area contributed by atoms with Gasteiger partial charge in [0, 0.05) is 5.39 Å². The van der Waals surface area contributed by atoms with Crippen LogP contribution in [0.3, 0.4) is 0 Å². The van der Waals surface area contributed by atoms with Gasteiger partial charge in [0.25, 0.3) is 0 Å². The number of halogens is 1. The fraction of sp³-hybridized carbons (Fsp3) is 0. The summed E-state index contributed by atoms with van der Waals surface area (Å²) in [6.07, 6.45) is 0. The van der Waals surface area contributed by atoms with Crippen LogP contribution >= 0.6 is 11.6 Å². The number of carbonyl (C=O) groups is 1. The van der Waals surface area contributed by atoms with Crippen molar-refractivity contribution >= 4 is 39.1 Å². The summed E-state index contributed by atoms with van der Waals surface area (Å²) in [6.45, 7) is 0. The highest BCUT2D eigenvalue weighted by Crippen LogP contribution is 2.30. The van der Waals surface area contributed by atoms with Crippen LogP contribution in [0.15, 0.2) is 38.3 Å². The molecule has 0 radical (unpaired) electrons. The lowest BCUT2D eigenvalue weighted by molar-refractivity contribution is 0.0699. The van der Waals surface area contributed by atoms with E-state index < -0.39 is 17.2 Å². The second-order valence-electron chi connectivity index (χ2n) is 3.99. The van der Waals surface area contributed by atoms with Crippen molar-refractivity contribution in [2.24, 2.45) is 0 Å². The lowest BCUT2D eigenvalue weighted by Gasteiger charge is -2.04. The number of fused-ring (bicyclic) bond motifs is 3. The van der Waals surface area contributed by atoms with Crippen molar-refractivity contribution in [3.05, 3.63) is 55.7 Å². The Hall–Kier alpha value is -2.40. The molecule has 19 heavy (non-hydrogen) atoms. The van der Waals surface area contributed by atoms with Crippen molar-refractivity contribution in [2.45, 2.75) is 0 Å². The minimum Gasteiger partial charge on any atom is -0.478 e. The molecule has 5 nitrogen and oxygen atoms in total. The van der Waals surface area contributed by atoms with Crippen LogP contribution in [-0.4, -0.2) is 11.1 Å². The molecule has 0 aliphatic heterocycles. The summed E-state index contributed by atoms with van der Waals surface area (Å²) >= 11 is 5.94. The Morgan fingerprint density at radius 1 is 1.11 bits per heavy atom. The third-order valence-electron chi connectivity index (χ3n) is 2.95. The largest absolute Gasteiger partial charge is 0.478 e. The molecule has 0 atom stereocenters. The highest BCUT2D eigenvalue weighted by molar-refractivity contribution is 6.38. The van der Waals surface area contributed by atoms with Crippen molar-refractivity contribution in [3.63, 3.8) is 0 Å². The Balaban J connectivity index is 2.84. The first-order chi connectivity index (χ1) is 9.00. The Kier molecular flexibility index (Phi) is 2.33. The predicted octanol–water partition coefficient (Wildman–Crippen LogP) is 2.10. The van der Waals surface area contributed by atoms with Gasteiger partial charge in [0.2, 0.25) is 0 Å². The van der Waals surface area contributed by atoms with E-state index in [9.17, 15) is 14.4 Å². The molecule has 0 aliphatic carbocycles. The zero-order valence-corrected chi connectivity index (χ0v) is 10.0. The maximum atomic E-state index is 11.8. The van der Waals surface area contributed by atoms with Gasteiger partial charge in [-0.2, -0.15) is 0 Å². The van der Waals surface area contributed by atoms with E-state index in [1.54, 1.807) is 0 Å². The van der Waals surface area contributed by atoms with Crippen LogP contribution in [0.2, 0.25) is 5.02 Å². The van der Waals surface area contributed by atoms with Gasteiger partial charge < -0.3 is 9.52 Å². The maximum absolute atomic E-state index is 11.8. The monoisotopic (exact) mass is 276 g/mol. The Morgan fingerprint density at radius 3 is 2.53 bits per heavy atom. The molecule has 4 aromatic rings. The van der Waals surface area contributed by atoms with Gasteiger partial charge in [-0.1, -0.05) is 23.7 Å². The van der Waals surface area contributed by atoms with Crippen molar-refractivity contribution in [3.8, 4) is 0 Å². The fourth-order valence-electron chi connectivity index (χ4n) is 2.19. The SMILES string of the molecule is O=C(O)c1cccc2c3c(Cl)cc(c(=O)oc3=O)c12. The molecule has 0 fully saturated rings. The first-order valence-corrected chi connectivity index (χ1v) is 5.63. The molecule has 6 heteroatoms. The number of carboxylic acid groups (broad SMARTS) is 1. The van der Waals surface area contributed by atoms with E-state index in [4.69, 9.17) is 16.7 Å². The van der Waals surface area contributed by atoms with E-state index in [2.05, 4.69) is 4.42 Å². The van der Waals surface area contributed by atoms with E-state index in [1.165, 1.54) is 24.3 Å². The minimum atomic E-state index is -1.19. The normalized spacial score (nSPS) is 11.2. The van der Waals surface area contributed by atoms with Crippen LogP contribution in [0, 0.1) is 0 Å². The third kappa shape index (κ3) is 1.52. The average Bonchev–Trinajstić information content (AvgIpc) is 2.52. The van der Waals surface area contributed by atoms with Crippen LogP contribution in [0.5, 0.6) is 0 Å². The number of hydrogen-bond donors (Lipinski definition) is 1. The fourth-order valence-corrected chi connectivity index (χ4v) is 2.48. The molecule has 0 saturated carbocycles. The molecule has 0 aliphatic rings. The van der Waals surface area contributed by atoms with Gasteiger partial charge in [0.15, 0.2) is 0 Å². The van der Waals surface area contributed by atoms with Gasteiger partial charge >= 0.3 is 17.2 Å². The Labute approximate surface area is 110 Å². The van der Waals surface area contributed by atoms with Gasteiger partial charge in [0.1, 0.15) is 0 Å². The van der Waals surface area contributed by atoms with Crippen LogP contribution in [0.25, 0.3) is 21.5 Å². The zero-order valence-electron chi connectivity index (χ0n) is 9.27. The number of aromatic carboxylic acids is 1. The van der Waals surface area contributed by atoms with Crippen molar-refractivity contribution in [1.29, 1.82) is 0 Å². The second-order valence-corrected chi connectivity index (χ2v) is 4.40. The molecule has 2 aromatic heterocycles. The van der Waals surface area contributed by atoms with Gasteiger partial charge in [-0.05, 0) is 17.5 Å². The van der Waals surface area contributed by atoms with Crippen molar-refractivity contribution < 1.29 is 14.3 Å². The van der Waals surface area contributed by atoms with E-state index in [0.29, 0.717) is 5.39 Å². The van der Waals surface area contributed by atoms with Gasteiger partial charge in [-0.3, -0.25) is 0 Å². The number of carboxylic acids is 1. The molecule has 2 heterocycles. The topological polar surface area (TPSA) is 84.6 Å². The highest BCUT2D eigenvalue weighted by atomic mass is 35.5. The second kappa shape index (κ2) is 3.80. The molecule has 0 amide bonds. The minimum absolute atomic E-state index is 0.00867. The molecular weight excluding hydrogens is 272 g/mol. The lowest BCUT2D eigenvalue weighted by atomic mass is 10.00. The molecule has 2 aromatic carbocycles. The first kappa shape index (κ1) is 11.7. The van der Waals surface area contributed by atoms with Gasteiger partial charge in [0.05, 0.1) is 21.4 Å². The van der Waals surface area contributed by atoms with E-state index >= 15 is 0 Å². The summed E-state index contributed by atoms with van der Waals surface area (Å²) in [5.41, 5.74) is -1.84. The molecule has 0 saturated heterocycles. The van der Waals surface area contributed by atoms with E-state index in [-0.39, 0.29) is 26.7 Å². The summed E-state index contributed by atoms with van der Waals surface area (Å²) in [7, 11) is 0. The standard InChI is InChI=1S/C13H5ClO5/c14-8-4-7-9-5(2-1-3-6(9)11(15)16)10(8)13(18)19-12(7)17/h1-4H,(H,15,16). The molecule has 0 unspecified atom stereocenters. The molecule has 94 valence electrons. The lowest BCUT2D eigenvalue weighted by Crippen LogP contribution is -2.03. The third-order valence-corrected chi connectivity index (χ3v) is 3.25. The number of hydrogen-bond acceptors (Lipinski definition) is 4. The van der Waals surface area contributed by atoms with Crippen LogP contribution in [0.1, 0.15) is 10.4 Å². The molecule has 4 rings (SSSR count). The zero-order chi connectivity index (χ0) is 13.7. The highest BCUT2D eigenvalue weighted by Gasteiger charge is 2.18. The predicted molar refractivity (Wildman–Crippen MR) is 69.4 cm³/mol.